The van der Waals surface area contributed by atoms with Crippen LogP contribution < -0.4 is 0 Å². The van der Waals surface area contributed by atoms with Crippen LogP contribution in [0.2, 0.25) is 0 Å². The molecular weight excluding hydrogens is 286 g/mol. The van der Waals surface area contributed by atoms with Crippen molar-refractivity contribution in [3.8, 4) is 0 Å². The van der Waals surface area contributed by atoms with Crippen molar-refractivity contribution in [1.82, 2.24) is 4.98 Å². The average Bonchev–Trinajstić information content (AvgIpc) is 2.92. The van der Waals surface area contributed by atoms with Crippen molar-refractivity contribution in [2.24, 2.45) is 5.92 Å². The summed E-state index contributed by atoms with van der Waals surface area (Å²) >= 11 is 0. The van der Waals surface area contributed by atoms with Crippen LogP contribution in [0.15, 0.2) is 12.1 Å². The zero-order chi connectivity index (χ0) is 20.2. The van der Waals surface area contributed by atoms with E-state index >= 15 is 0 Å². The number of benzene rings is 1. The van der Waals surface area contributed by atoms with Crippen molar-refractivity contribution in [3.63, 3.8) is 0 Å². The van der Waals surface area contributed by atoms with Gasteiger partial charge in [-0.25, -0.2) is 0 Å². The van der Waals surface area contributed by atoms with E-state index in [4.69, 9.17) is 10.2 Å². The van der Waals surface area contributed by atoms with Gasteiger partial charge in [0.05, 0.1) is 12.3 Å². The molecule has 0 aliphatic carbocycles. The average molecular weight is 317 g/mol. The highest BCUT2D eigenvalue weighted by Gasteiger charge is 2.42. The largest absolute Gasteiger partial charge is 0.368 e. The minimum atomic E-state index is -2.17. The fourth-order valence-electron chi connectivity index (χ4n) is 3.71. The predicted octanol–water partition coefficient (Wildman–Crippen LogP) is 4.44. The van der Waals surface area contributed by atoms with Crippen LogP contribution in [0.1, 0.15) is 61.4 Å². The lowest BCUT2D eigenvalue weighted by atomic mass is 9.80. The molecule has 124 valence electrons. The van der Waals surface area contributed by atoms with Crippen LogP contribution in [0.3, 0.4) is 0 Å². The molecule has 1 aromatic carbocycles. The van der Waals surface area contributed by atoms with Crippen LogP contribution in [0, 0.1) is 12.8 Å². The summed E-state index contributed by atoms with van der Waals surface area (Å²) in [5.74, 6) is 0.0498. The summed E-state index contributed by atoms with van der Waals surface area (Å²) in [5, 5.41) is 0.887. The number of fused-ring (bicyclic) bond motifs is 3. The van der Waals surface area contributed by atoms with Gasteiger partial charge in [-0.05, 0) is 42.3 Å². The van der Waals surface area contributed by atoms with E-state index in [0.717, 1.165) is 22.9 Å². The summed E-state index contributed by atoms with van der Waals surface area (Å²) in [5.41, 5.74) is 2.74. The lowest BCUT2D eigenvalue weighted by molar-refractivity contribution is -0.127. The number of carbonyl (C=O) groups excluding carboxylic acids is 1. The Kier molecular flexibility index (Phi) is 3.15. The van der Waals surface area contributed by atoms with Gasteiger partial charge < -0.3 is 14.5 Å². The van der Waals surface area contributed by atoms with E-state index in [1.807, 2.05) is 26.0 Å². The minimum absolute atomic E-state index is 0.0498. The molecule has 3 heteroatoms. The Morgan fingerprint density at radius 1 is 1.48 bits per heavy atom. The molecule has 0 amide bonds. The van der Waals surface area contributed by atoms with Gasteiger partial charge in [0.2, 0.25) is 0 Å². The molecule has 0 bridgehead atoms. The lowest BCUT2D eigenvalue weighted by Crippen LogP contribution is -2.40. The molecule has 0 radical (unpaired) electrons. The number of H-pyrrole nitrogens is 1. The summed E-state index contributed by atoms with van der Waals surface area (Å²) in [7, 11) is 0. The maximum Gasteiger partial charge on any atom is 0.123 e. The number of aldehydes is 1. The first kappa shape index (κ1) is 11.9. The van der Waals surface area contributed by atoms with E-state index in [9.17, 15) is 4.79 Å². The molecule has 0 unspecified atom stereocenters. The van der Waals surface area contributed by atoms with Gasteiger partial charge in [0.1, 0.15) is 11.9 Å². The van der Waals surface area contributed by atoms with Gasteiger partial charge in [0.15, 0.2) is 0 Å². The molecule has 1 aliphatic rings. The van der Waals surface area contributed by atoms with Crippen molar-refractivity contribution in [1.29, 1.82) is 0 Å². The molecule has 0 spiro atoms. The number of hydrogen-bond acceptors (Lipinski definition) is 2. The second-order valence-electron chi connectivity index (χ2n) is 6.55. The quantitative estimate of drug-likeness (QED) is 0.828. The molecule has 3 nitrogen and oxygen atoms in total. The van der Waals surface area contributed by atoms with Crippen molar-refractivity contribution in [3.05, 3.63) is 34.5 Å². The molecule has 3 rings (SSSR count). The summed E-state index contributed by atoms with van der Waals surface area (Å²) in [4.78, 5) is 14.8. The van der Waals surface area contributed by atoms with E-state index in [2.05, 4.69) is 4.98 Å². The first-order valence-corrected chi connectivity index (χ1v) is 8.20. The van der Waals surface area contributed by atoms with E-state index in [1.165, 1.54) is 6.92 Å². The van der Waals surface area contributed by atoms with Gasteiger partial charge in [-0.15, -0.1) is 0 Å². The number of hydrogen-bond donors (Lipinski definition) is 1. The van der Waals surface area contributed by atoms with Crippen molar-refractivity contribution in [2.45, 2.75) is 58.9 Å². The molecule has 2 aromatic rings. The molecule has 1 aromatic heterocycles. The number of rotatable bonds is 5. The predicted molar refractivity (Wildman–Crippen MR) is 93.9 cm³/mol. The van der Waals surface area contributed by atoms with E-state index in [0.29, 0.717) is 29.7 Å². The standard InChI is InChI=1S/C20H27NO2/c1-5-6-15-14(4)7-8-16-17-9-12-23-20(10-11-22,13(2)3)19(17)21-18(15)16/h7-8,11,13,21H,5-6,9-10,12H2,1-4H3/t20-/m0/s1/i5D2,6D2. The molecular formula is C20H27NO2. The highest BCUT2D eigenvalue weighted by Crippen LogP contribution is 2.44. The number of aromatic nitrogens is 1. The molecule has 1 atom stereocenters. The van der Waals surface area contributed by atoms with Crippen molar-refractivity contribution < 1.29 is 15.0 Å². The van der Waals surface area contributed by atoms with Crippen molar-refractivity contribution >= 4 is 17.2 Å². The molecule has 1 N–H and O–H groups in total. The fourth-order valence-corrected chi connectivity index (χ4v) is 3.71. The second-order valence-corrected chi connectivity index (χ2v) is 6.55. The first-order valence-electron chi connectivity index (χ1n) is 10.2. The van der Waals surface area contributed by atoms with Crippen LogP contribution in [-0.2, 0) is 27.9 Å². The second kappa shape index (κ2) is 6.12. The Bertz CT molecular complexity index is 882. The first-order chi connectivity index (χ1) is 12.5. The summed E-state index contributed by atoms with van der Waals surface area (Å²) in [6, 6.07) is 3.81. The molecule has 1 aliphatic heterocycles. The Morgan fingerprint density at radius 3 is 2.91 bits per heavy atom. The van der Waals surface area contributed by atoms with Crippen LogP contribution in [0.25, 0.3) is 10.9 Å². The van der Waals surface area contributed by atoms with Crippen LogP contribution in [0.4, 0.5) is 0 Å². The monoisotopic (exact) mass is 317 g/mol. The van der Waals surface area contributed by atoms with E-state index in [1.54, 1.807) is 6.92 Å². The van der Waals surface area contributed by atoms with Crippen LogP contribution in [0.5, 0.6) is 0 Å². The normalized spacial score (nSPS) is 24.7. The summed E-state index contributed by atoms with van der Waals surface area (Å²) in [6.45, 7) is 7.59. The smallest absolute Gasteiger partial charge is 0.123 e. The molecule has 0 fully saturated rings. The Hall–Kier alpha value is -1.61. The number of carbonyl (C=O) groups is 1. The van der Waals surface area contributed by atoms with Gasteiger partial charge in [-0.1, -0.05) is 39.3 Å². The SMILES string of the molecule is [2H]C([2H])(C)C([2H])([2H])c1c(C)ccc2c3c([nH]c12)[C@](CC=O)(C(C)C)OCC3. The van der Waals surface area contributed by atoms with Crippen LogP contribution in [-0.4, -0.2) is 17.9 Å². The van der Waals surface area contributed by atoms with Crippen LogP contribution >= 0.6 is 0 Å². The summed E-state index contributed by atoms with van der Waals surface area (Å²) in [6.07, 6.45) is -2.45. The maximum absolute atomic E-state index is 11.4. The zero-order valence-corrected chi connectivity index (χ0v) is 14.2. The Labute approximate surface area is 144 Å². The third-order valence-corrected chi connectivity index (χ3v) is 4.99. The molecule has 23 heavy (non-hydrogen) atoms. The third kappa shape index (κ3) is 2.42. The van der Waals surface area contributed by atoms with E-state index in [-0.39, 0.29) is 12.3 Å². The maximum atomic E-state index is 11.4. The zero-order valence-electron chi connectivity index (χ0n) is 18.2. The minimum Gasteiger partial charge on any atom is -0.368 e. The number of aryl methyl sites for hydroxylation is 2. The highest BCUT2D eigenvalue weighted by atomic mass is 16.5. The number of aromatic amines is 1. The third-order valence-electron chi connectivity index (χ3n) is 4.99. The topological polar surface area (TPSA) is 42.1 Å². The molecule has 0 saturated carbocycles. The van der Waals surface area contributed by atoms with Gasteiger partial charge in [-0.2, -0.15) is 0 Å². The highest BCUT2D eigenvalue weighted by molar-refractivity contribution is 5.89. The summed E-state index contributed by atoms with van der Waals surface area (Å²) < 4.78 is 39.2. The van der Waals surface area contributed by atoms with Gasteiger partial charge in [0, 0.05) is 22.8 Å². The van der Waals surface area contributed by atoms with E-state index < -0.39 is 18.3 Å². The number of ether oxygens (including phenoxy) is 1. The fraction of sp³-hybridized carbons (Fsp3) is 0.550. The van der Waals surface area contributed by atoms with Gasteiger partial charge in [0.25, 0.3) is 0 Å². The lowest BCUT2D eigenvalue weighted by Gasteiger charge is -2.39. The number of nitrogens with one attached hydrogen (secondary N) is 1. The molecule has 2 heterocycles. The van der Waals surface area contributed by atoms with Gasteiger partial charge in [-0.3, -0.25) is 0 Å². The van der Waals surface area contributed by atoms with Gasteiger partial charge >= 0.3 is 0 Å². The Morgan fingerprint density at radius 2 is 2.26 bits per heavy atom. The van der Waals surface area contributed by atoms with Crippen molar-refractivity contribution in [2.75, 3.05) is 6.61 Å². The molecule has 0 saturated heterocycles. The Balaban J connectivity index is 2.37.